The maximum absolute atomic E-state index is 11.3. The first-order chi connectivity index (χ1) is 8.08. The van der Waals surface area contributed by atoms with Gasteiger partial charge in [-0.05, 0) is 25.1 Å². The van der Waals surface area contributed by atoms with Crippen LogP contribution in [-0.2, 0) is 4.74 Å². The number of ether oxygens (including phenoxy) is 3. The molecule has 0 unspecified atom stereocenters. The van der Waals surface area contributed by atoms with E-state index in [1.807, 2.05) is 0 Å². The summed E-state index contributed by atoms with van der Waals surface area (Å²) < 4.78 is 15.0. The van der Waals surface area contributed by atoms with Gasteiger partial charge in [0.1, 0.15) is 6.61 Å². The molecule has 0 aliphatic carbocycles. The highest BCUT2D eigenvalue weighted by Gasteiger charge is 2.11. The summed E-state index contributed by atoms with van der Waals surface area (Å²) >= 11 is 0. The highest BCUT2D eigenvalue weighted by atomic mass is 16.5. The van der Waals surface area contributed by atoms with Crippen LogP contribution in [0.1, 0.15) is 17.3 Å². The zero-order valence-electron chi connectivity index (χ0n) is 10.1. The number of hydrogen-bond acceptors (Lipinski definition) is 5. The molecule has 0 amide bonds. The molecule has 1 aromatic rings. The summed E-state index contributed by atoms with van der Waals surface area (Å²) in [5.74, 6) is 0.458. The Balaban J connectivity index is 2.89. The molecule has 0 aromatic heterocycles. The van der Waals surface area contributed by atoms with Crippen molar-refractivity contribution in [3.63, 3.8) is 0 Å². The number of carbonyl (C=O) groups is 1. The van der Waals surface area contributed by atoms with Gasteiger partial charge in [0.2, 0.25) is 0 Å². The second-order valence-corrected chi connectivity index (χ2v) is 3.52. The molecule has 0 saturated heterocycles. The SMILES string of the molecule is COC(=O)c1ccc(OC[C@@H](C)O)c(OC)c1. The summed E-state index contributed by atoms with van der Waals surface area (Å²) in [6, 6.07) is 4.71. The third-order valence-electron chi connectivity index (χ3n) is 2.06. The quantitative estimate of drug-likeness (QED) is 0.784. The van der Waals surface area contributed by atoms with Gasteiger partial charge in [0.25, 0.3) is 0 Å². The molecule has 1 N–H and O–H groups in total. The van der Waals surface area contributed by atoms with Crippen molar-refractivity contribution >= 4 is 5.97 Å². The van der Waals surface area contributed by atoms with Crippen LogP contribution in [0.25, 0.3) is 0 Å². The third-order valence-corrected chi connectivity index (χ3v) is 2.06. The highest BCUT2D eigenvalue weighted by Crippen LogP contribution is 2.28. The van der Waals surface area contributed by atoms with E-state index < -0.39 is 12.1 Å². The van der Waals surface area contributed by atoms with Crippen molar-refractivity contribution in [1.82, 2.24) is 0 Å². The fourth-order valence-electron chi connectivity index (χ4n) is 1.24. The number of benzene rings is 1. The van der Waals surface area contributed by atoms with E-state index >= 15 is 0 Å². The first kappa shape index (κ1) is 13.3. The van der Waals surface area contributed by atoms with Crippen molar-refractivity contribution in [3.8, 4) is 11.5 Å². The van der Waals surface area contributed by atoms with Gasteiger partial charge in [0, 0.05) is 0 Å². The van der Waals surface area contributed by atoms with Gasteiger partial charge in [0.15, 0.2) is 11.5 Å². The minimum absolute atomic E-state index is 0.161. The smallest absolute Gasteiger partial charge is 0.337 e. The van der Waals surface area contributed by atoms with E-state index in [9.17, 15) is 4.79 Å². The van der Waals surface area contributed by atoms with Crippen LogP contribution in [0.4, 0.5) is 0 Å². The number of esters is 1. The number of aliphatic hydroxyl groups excluding tert-OH is 1. The standard InChI is InChI=1S/C12H16O5/c1-8(13)7-17-10-5-4-9(12(14)16-3)6-11(10)15-2/h4-6,8,13H,7H2,1-3H3/t8-/m1/s1. The molecule has 17 heavy (non-hydrogen) atoms. The molecule has 1 aromatic carbocycles. The predicted octanol–water partition coefficient (Wildman–Crippen LogP) is 1.24. The average molecular weight is 240 g/mol. The van der Waals surface area contributed by atoms with Crippen LogP contribution in [-0.4, -0.2) is 38.0 Å². The summed E-state index contributed by atoms with van der Waals surface area (Å²) in [6.45, 7) is 1.78. The molecular weight excluding hydrogens is 224 g/mol. The van der Waals surface area contributed by atoms with Crippen LogP contribution in [0.2, 0.25) is 0 Å². The molecule has 0 bridgehead atoms. The minimum atomic E-state index is -0.569. The van der Waals surface area contributed by atoms with Crippen molar-refractivity contribution in [2.24, 2.45) is 0 Å². The lowest BCUT2D eigenvalue weighted by Gasteiger charge is -2.12. The molecule has 0 aliphatic rings. The van der Waals surface area contributed by atoms with Crippen molar-refractivity contribution in [1.29, 1.82) is 0 Å². The Morgan fingerprint density at radius 2 is 2.06 bits per heavy atom. The summed E-state index contributed by atoms with van der Waals surface area (Å²) in [6.07, 6.45) is -0.569. The number of hydrogen-bond donors (Lipinski definition) is 1. The summed E-state index contributed by atoms with van der Waals surface area (Å²) in [5.41, 5.74) is 0.383. The lowest BCUT2D eigenvalue weighted by Crippen LogP contribution is -2.13. The van der Waals surface area contributed by atoms with Gasteiger partial charge in [0.05, 0.1) is 25.9 Å². The molecule has 0 aliphatic heterocycles. The Hall–Kier alpha value is -1.75. The summed E-state index contributed by atoms with van der Waals surface area (Å²) in [7, 11) is 2.79. The van der Waals surface area contributed by atoms with Crippen molar-refractivity contribution in [2.75, 3.05) is 20.8 Å². The predicted molar refractivity (Wildman–Crippen MR) is 61.5 cm³/mol. The van der Waals surface area contributed by atoms with Gasteiger partial charge in [-0.3, -0.25) is 0 Å². The zero-order valence-corrected chi connectivity index (χ0v) is 10.1. The average Bonchev–Trinajstić information content (AvgIpc) is 2.34. The van der Waals surface area contributed by atoms with Crippen LogP contribution < -0.4 is 9.47 Å². The topological polar surface area (TPSA) is 65.0 Å². The van der Waals surface area contributed by atoms with Crippen LogP contribution in [0, 0.1) is 0 Å². The van der Waals surface area contributed by atoms with E-state index in [0.29, 0.717) is 17.1 Å². The molecule has 5 heteroatoms. The Bertz CT molecular complexity index is 386. The molecular formula is C12H16O5. The lowest BCUT2D eigenvalue weighted by molar-refractivity contribution is 0.0600. The van der Waals surface area contributed by atoms with E-state index in [1.54, 1.807) is 19.1 Å². The summed E-state index contributed by atoms with van der Waals surface area (Å²) in [4.78, 5) is 11.3. The Morgan fingerprint density at radius 1 is 1.35 bits per heavy atom. The zero-order chi connectivity index (χ0) is 12.8. The van der Waals surface area contributed by atoms with Crippen molar-refractivity contribution in [3.05, 3.63) is 23.8 Å². The van der Waals surface area contributed by atoms with Gasteiger partial charge in [-0.25, -0.2) is 4.79 Å². The second-order valence-electron chi connectivity index (χ2n) is 3.52. The minimum Gasteiger partial charge on any atom is -0.493 e. The largest absolute Gasteiger partial charge is 0.493 e. The fraction of sp³-hybridized carbons (Fsp3) is 0.417. The van der Waals surface area contributed by atoms with E-state index in [0.717, 1.165) is 0 Å². The molecule has 1 rings (SSSR count). The van der Waals surface area contributed by atoms with Crippen molar-refractivity contribution in [2.45, 2.75) is 13.0 Å². The number of aliphatic hydroxyl groups is 1. The van der Waals surface area contributed by atoms with Crippen LogP contribution in [0.15, 0.2) is 18.2 Å². The van der Waals surface area contributed by atoms with Crippen LogP contribution in [0.5, 0.6) is 11.5 Å². The fourth-order valence-corrected chi connectivity index (χ4v) is 1.24. The summed E-state index contributed by atoms with van der Waals surface area (Å²) in [5, 5.41) is 9.12. The first-order valence-electron chi connectivity index (χ1n) is 5.15. The Labute approximate surface area is 99.9 Å². The molecule has 0 fully saturated rings. The molecule has 0 radical (unpaired) electrons. The van der Waals surface area contributed by atoms with E-state index in [2.05, 4.69) is 4.74 Å². The van der Waals surface area contributed by atoms with Crippen LogP contribution >= 0.6 is 0 Å². The molecule has 0 heterocycles. The number of methoxy groups -OCH3 is 2. The van der Waals surface area contributed by atoms with E-state index in [4.69, 9.17) is 14.6 Å². The molecule has 0 saturated carbocycles. The van der Waals surface area contributed by atoms with E-state index in [1.165, 1.54) is 20.3 Å². The first-order valence-corrected chi connectivity index (χ1v) is 5.15. The molecule has 5 nitrogen and oxygen atoms in total. The van der Waals surface area contributed by atoms with Crippen LogP contribution in [0.3, 0.4) is 0 Å². The third kappa shape index (κ3) is 3.64. The maximum atomic E-state index is 11.3. The van der Waals surface area contributed by atoms with E-state index in [-0.39, 0.29) is 6.61 Å². The lowest BCUT2D eigenvalue weighted by atomic mass is 10.2. The normalized spacial score (nSPS) is 11.8. The molecule has 1 atom stereocenters. The molecule has 0 spiro atoms. The van der Waals surface area contributed by atoms with Gasteiger partial charge in [-0.15, -0.1) is 0 Å². The Morgan fingerprint density at radius 3 is 2.59 bits per heavy atom. The van der Waals surface area contributed by atoms with Gasteiger partial charge < -0.3 is 19.3 Å². The second kappa shape index (κ2) is 6.10. The van der Waals surface area contributed by atoms with Crippen molar-refractivity contribution < 1.29 is 24.1 Å². The number of rotatable bonds is 5. The van der Waals surface area contributed by atoms with Gasteiger partial charge in [-0.2, -0.15) is 0 Å². The maximum Gasteiger partial charge on any atom is 0.337 e. The highest BCUT2D eigenvalue weighted by molar-refractivity contribution is 5.90. The van der Waals surface area contributed by atoms with Gasteiger partial charge in [-0.1, -0.05) is 0 Å². The monoisotopic (exact) mass is 240 g/mol. The number of carbonyl (C=O) groups excluding carboxylic acids is 1. The molecule has 94 valence electrons. The Kier molecular flexibility index (Phi) is 4.78. The van der Waals surface area contributed by atoms with Gasteiger partial charge >= 0.3 is 5.97 Å².